The highest BCUT2D eigenvalue weighted by Gasteiger charge is 2.22. The molecule has 0 atom stereocenters. The zero-order chi connectivity index (χ0) is 23.9. The van der Waals surface area contributed by atoms with Gasteiger partial charge in [-0.1, -0.05) is 32.9 Å². The molecule has 2 rings (SSSR count). The predicted molar refractivity (Wildman–Crippen MR) is 125 cm³/mol. The topological polar surface area (TPSA) is 76.2 Å². The van der Waals surface area contributed by atoms with Gasteiger partial charge in [0.15, 0.2) is 0 Å². The van der Waals surface area contributed by atoms with Gasteiger partial charge < -0.3 is 18.7 Å². The standard InChI is InChI=1S/C24H34N2O5S/c1-24(2,3)17-23(27)26(15-14-25(4)5)18-19-8-7-9-21(16-19)31-32(28,29)22-12-10-20(30-6)11-13-22/h7-13,16H,14-15,17-18H2,1-6H3. The molecule has 32 heavy (non-hydrogen) atoms. The quantitative estimate of drug-likeness (QED) is 0.500. The molecule has 0 radical (unpaired) electrons. The molecule has 176 valence electrons. The number of hydrogen-bond acceptors (Lipinski definition) is 6. The van der Waals surface area contributed by atoms with Crippen LogP contribution in [0.15, 0.2) is 53.4 Å². The lowest BCUT2D eigenvalue weighted by atomic mass is 9.91. The molecule has 0 unspecified atom stereocenters. The van der Waals surface area contributed by atoms with Crippen LogP contribution in [0.4, 0.5) is 0 Å². The van der Waals surface area contributed by atoms with Gasteiger partial charge in [-0.25, -0.2) is 0 Å². The number of nitrogens with zero attached hydrogens (tertiary/aromatic N) is 2. The number of amides is 1. The van der Waals surface area contributed by atoms with E-state index in [-0.39, 0.29) is 22.0 Å². The molecule has 0 aliphatic carbocycles. The number of rotatable bonds is 10. The van der Waals surface area contributed by atoms with Crippen LogP contribution in [0.3, 0.4) is 0 Å². The highest BCUT2D eigenvalue weighted by atomic mass is 32.2. The largest absolute Gasteiger partial charge is 0.497 e. The monoisotopic (exact) mass is 462 g/mol. The Morgan fingerprint density at radius 1 is 0.969 bits per heavy atom. The van der Waals surface area contributed by atoms with Crippen molar-refractivity contribution in [2.45, 2.75) is 38.6 Å². The minimum atomic E-state index is -3.99. The van der Waals surface area contributed by atoms with Gasteiger partial charge in [0.05, 0.1) is 7.11 Å². The average Bonchev–Trinajstić information content (AvgIpc) is 2.69. The van der Waals surface area contributed by atoms with Crippen LogP contribution in [0.5, 0.6) is 11.5 Å². The van der Waals surface area contributed by atoms with Gasteiger partial charge in [-0.2, -0.15) is 8.42 Å². The van der Waals surface area contributed by atoms with Gasteiger partial charge in [-0.3, -0.25) is 4.79 Å². The molecule has 1 amide bonds. The minimum Gasteiger partial charge on any atom is -0.497 e. The fraction of sp³-hybridized carbons (Fsp3) is 0.458. The van der Waals surface area contributed by atoms with Crippen molar-refractivity contribution >= 4 is 16.0 Å². The van der Waals surface area contributed by atoms with E-state index in [1.807, 2.05) is 50.7 Å². The maximum atomic E-state index is 12.9. The molecule has 0 saturated carbocycles. The van der Waals surface area contributed by atoms with E-state index < -0.39 is 10.1 Å². The molecule has 0 spiro atoms. The maximum absolute atomic E-state index is 12.9. The van der Waals surface area contributed by atoms with E-state index in [9.17, 15) is 13.2 Å². The summed E-state index contributed by atoms with van der Waals surface area (Å²) in [6, 6.07) is 12.8. The third-order valence-electron chi connectivity index (χ3n) is 4.68. The van der Waals surface area contributed by atoms with Crippen LogP contribution < -0.4 is 8.92 Å². The minimum absolute atomic E-state index is 0.0386. The Bertz CT molecular complexity index is 996. The maximum Gasteiger partial charge on any atom is 0.339 e. The van der Waals surface area contributed by atoms with Crippen molar-refractivity contribution in [3.05, 3.63) is 54.1 Å². The van der Waals surface area contributed by atoms with Crippen LogP contribution in [0.25, 0.3) is 0 Å². The molecule has 7 nitrogen and oxygen atoms in total. The van der Waals surface area contributed by atoms with Crippen molar-refractivity contribution in [2.75, 3.05) is 34.3 Å². The second kappa shape index (κ2) is 10.8. The first-order valence-corrected chi connectivity index (χ1v) is 11.9. The van der Waals surface area contributed by atoms with Gasteiger partial charge in [0, 0.05) is 26.1 Å². The van der Waals surface area contributed by atoms with Crippen LogP contribution in [0.1, 0.15) is 32.8 Å². The van der Waals surface area contributed by atoms with E-state index in [0.717, 1.165) is 12.1 Å². The molecule has 0 heterocycles. The molecule has 2 aromatic carbocycles. The number of carbonyl (C=O) groups is 1. The van der Waals surface area contributed by atoms with Crippen molar-refractivity contribution in [3.8, 4) is 11.5 Å². The summed E-state index contributed by atoms with van der Waals surface area (Å²) in [5.41, 5.74) is 0.679. The molecule has 2 aromatic rings. The Morgan fingerprint density at radius 2 is 1.62 bits per heavy atom. The van der Waals surface area contributed by atoms with Gasteiger partial charge in [-0.15, -0.1) is 0 Å². The summed E-state index contributed by atoms with van der Waals surface area (Å²) >= 11 is 0. The molecule has 0 N–H and O–H groups in total. The smallest absolute Gasteiger partial charge is 0.339 e. The molecule has 8 heteroatoms. The van der Waals surface area contributed by atoms with Gasteiger partial charge in [0.25, 0.3) is 0 Å². The van der Waals surface area contributed by atoms with Gasteiger partial charge >= 0.3 is 10.1 Å². The highest BCUT2D eigenvalue weighted by Crippen LogP contribution is 2.24. The van der Waals surface area contributed by atoms with Crippen molar-refractivity contribution in [1.29, 1.82) is 0 Å². The number of hydrogen-bond donors (Lipinski definition) is 0. The van der Waals surface area contributed by atoms with Gasteiger partial charge in [0.1, 0.15) is 16.4 Å². The fourth-order valence-electron chi connectivity index (χ4n) is 3.01. The van der Waals surface area contributed by atoms with Gasteiger partial charge in [0.2, 0.25) is 5.91 Å². The Labute approximate surface area is 192 Å². The van der Waals surface area contributed by atoms with Crippen LogP contribution in [0, 0.1) is 5.41 Å². The van der Waals surface area contributed by atoms with Crippen molar-refractivity contribution in [1.82, 2.24) is 9.80 Å². The summed E-state index contributed by atoms with van der Waals surface area (Å²) in [5, 5.41) is 0. The molecular weight excluding hydrogens is 428 g/mol. The second-order valence-corrected chi connectivity index (χ2v) is 10.8. The molecule has 0 saturated heterocycles. The van der Waals surface area contributed by atoms with Crippen LogP contribution >= 0.6 is 0 Å². The zero-order valence-electron chi connectivity index (χ0n) is 19.8. The number of carbonyl (C=O) groups excluding carboxylic acids is 1. The summed E-state index contributed by atoms with van der Waals surface area (Å²) in [6.45, 7) is 7.80. The summed E-state index contributed by atoms with van der Waals surface area (Å²) in [6.07, 6.45) is 0.433. The SMILES string of the molecule is COc1ccc(S(=O)(=O)Oc2cccc(CN(CCN(C)C)C(=O)CC(C)(C)C)c2)cc1. The van der Waals surface area contributed by atoms with Crippen molar-refractivity contribution in [3.63, 3.8) is 0 Å². The Morgan fingerprint density at radius 3 is 2.19 bits per heavy atom. The van der Waals surface area contributed by atoms with Crippen LogP contribution in [-0.4, -0.2) is 58.4 Å². The summed E-state index contributed by atoms with van der Waals surface area (Å²) in [5.74, 6) is 0.828. The Hall–Kier alpha value is -2.58. The third-order valence-corrected chi connectivity index (χ3v) is 5.94. The summed E-state index contributed by atoms with van der Waals surface area (Å²) in [4.78, 5) is 16.8. The second-order valence-electron chi connectivity index (χ2n) is 9.22. The number of likely N-dealkylation sites (N-methyl/N-ethyl adjacent to an activating group) is 1. The zero-order valence-corrected chi connectivity index (χ0v) is 20.6. The predicted octanol–water partition coefficient (Wildman–Crippen LogP) is 3.79. The first-order chi connectivity index (χ1) is 14.9. The fourth-order valence-corrected chi connectivity index (χ4v) is 3.93. The lowest BCUT2D eigenvalue weighted by Crippen LogP contribution is -2.37. The first-order valence-electron chi connectivity index (χ1n) is 10.5. The van der Waals surface area contributed by atoms with E-state index in [1.165, 1.54) is 19.2 Å². The average molecular weight is 463 g/mol. The highest BCUT2D eigenvalue weighted by molar-refractivity contribution is 7.87. The van der Waals surface area contributed by atoms with E-state index in [4.69, 9.17) is 8.92 Å². The summed E-state index contributed by atoms with van der Waals surface area (Å²) in [7, 11) is 1.45. The molecule has 0 aliphatic heterocycles. The number of ether oxygens (including phenoxy) is 1. The Balaban J connectivity index is 2.18. The lowest BCUT2D eigenvalue weighted by Gasteiger charge is -2.28. The third kappa shape index (κ3) is 8.16. The number of methoxy groups -OCH3 is 1. The molecule has 0 aromatic heterocycles. The first kappa shape index (κ1) is 25.7. The van der Waals surface area contributed by atoms with Gasteiger partial charge in [-0.05, 0) is 61.5 Å². The molecule has 0 bridgehead atoms. The molecular formula is C24H34N2O5S. The van der Waals surface area contributed by atoms with E-state index in [2.05, 4.69) is 0 Å². The van der Waals surface area contributed by atoms with E-state index in [1.54, 1.807) is 30.3 Å². The van der Waals surface area contributed by atoms with Crippen molar-refractivity contribution < 1.29 is 22.1 Å². The number of benzene rings is 2. The van der Waals surface area contributed by atoms with Crippen LogP contribution in [0.2, 0.25) is 0 Å². The Kier molecular flexibility index (Phi) is 8.69. The lowest BCUT2D eigenvalue weighted by molar-refractivity contribution is -0.133. The molecule has 0 fully saturated rings. The van der Waals surface area contributed by atoms with Crippen LogP contribution in [-0.2, 0) is 21.5 Å². The van der Waals surface area contributed by atoms with E-state index >= 15 is 0 Å². The van der Waals surface area contributed by atoms with E-state index in [0.29, 0.717) is 25.3 Å². The summed E-state index contributed by atoms with van der Waals surface area (Å²) < 4.78 is 35.7. The van der Waals surface area contributed by atoms with Crippen molar-refractivity contribution in [2.24, 2.45) is 5.41 Å². The normalized spacial score (nSPS) is 12.0. The molecule has 0 aliphatic rings.